The van der Waals surface area contributed by atoms with Gasteiger partial charge in [0.2, 0.25) is 0 Å². The number of benzene rings is 1. The van der Waals surface area contributed by atoms with E-state index in [4.69, 9.17) is 15.5 Å². The first-order valence-corrected chi connectivity index (χ1v) is 10.5. The van der Waals surface area contributed by atoms with Gasteiger partial charge in [-0.05, 0) is 43.3 Å². The Morgan fingerprint density at radius 2 is 1.89 bits per heavy atom. The molecule has 0 fully saturated rings. The molecule has 0 spiro atoms. The Hall–Kier alpha value is -3.81. The van der Waals surface area contributed by atoms with Gasteiger partial charge >= 0.3 is 6.36 Å². The number of aromatic nitrogens is 2. The summed E-state index contributed by atoms with van der Waals surface area (Å²) < 4.78 is 60.0. The summed E-state index contributed by atoms with van der Waals surface area (Å²) in [5.74, 6) is 4.06. The largest absolute Gasteiger partial charge is 0.573 e. The molecule has 3 aromatic rings. The molecular weight excluding hydrogens is 486 g/mol. The molecule has 1 amide bonds. The maximum Gasteiger partial charge on any atom is 0.573 e. The number of nitrogens with zero attached hydrogens (tertiary/aromatic N) is 3. The van der Waals surface area contributed by atoms with Crippen molar-refractivity contribution in [1.82, 2.24) is 9.97 Å². The third-order valence-corrected chi connectivity index (χ3v) is 4.96. The van der Waals surface area contributed by atoms with Gasteiger partial charge in [-0.3, -0.25) is 14.6 Å². The third kappa shape index (κ3) is 7.10. The normalized spacial score (nSPS) is 12.2. The van der Waals surface area contributed by atoms with Crippen molar-refractivity contribution in [2.24, 2.45) is 5.90 Å². The molecule has 0 saturated carbocycles. The van der Waals surface area contributed by atoms with E-state index in [0.717, 1.165) is 18.3 Å². The first-order valence-electron chi connectivity index (χ1n) is 10.5. The summed E-state index contributed by atoms with van der Waals surface area (Å²) in [5, 5.41) is 2.58. The molecule has 192 valence electrons. The second kappa shape index (κ2) is 11.7. The van der Waals surface area contributed by atoms with Crippen LogP contribution in [0, 0.1) is 5.82 Å². The first kappa shape index (κ1) is 26.8. The molecule has 2 heterocycles. The van der Waals surface area contributed by atoms with Crippen LogP contribution in [-0.4, -0.2) is 48.7 Å². The van der Waals surface area contributed by atoms with Crippen molar-refractivity contribution < 1.29 is 36.7 Å². The summed E-state index contributed by atoms with van der Waals surface area (Å²) >= 11 is 0. The number of hydrogen-bond donors (Lipinski definition) is 2. The molecule has 9 nitrogen and oxygen atoms in total. The number of likely N-dealkylation sites (N-methyl/N-ethyl adjacent to an activating group) is 1. The zero-order valence-corrected chi connectivity index (χ0v) is 19.3. The molecule has 1 atom stereocenters. The van der Waals surface area contributed by atoms with Gasteiger partial charge in [-0.2, -0.15) is 0 Å². The number of alkyl halides is 3. The van der Waals surface area contributed by atoms with Crippen LogP contribution in [0.15, 0.2) is 55.0 Å². The lowest BCUT2D eigenvalue weighted by atomic mass is 10.1. The van der Waals surface area contributed by atoms with Crippen LogP contribution >= 0.6 is 0 Å². The number of carbonyl (C=O) groups is 1. The Bertz CT molecular complexity index is 1170. The highest BCUT2D eigenvalue weighted by molar-refractivity contribution is 6.05. The lowest BCUT2D eigenvalue weighted by molar-refractivity contribution is -0.274. The Morgan fingerprint density at radius 3 is 2.47 bits per heavy atom. The average molecular weight is 509 g/mol. The molecule has 0 aliphatic carbocycles. The summed E-state index contributed by atoms with van der Waals surface area (Å²) in [6, 6.07) is 7.40. The van der Waals surface area contributed by atoms with Gasteiger partial charge in [0.25, 0.3) is 5.91 Å². The van der Waals surface area contributed by atoms with E-state index in [0.29, 0.717) is 23.5 Å². The smallest absolute Gasteiger partial charge is 0.406 e. The monoisotopic (exact) mass is 509 g/mol. The Balaban J connectivity index is 1.92. The van der Waals surface area contributed by atoms with Crippen LogP contribution in [0.25, 0.3) is 11.1 Å². The number of anilines is 2. The predicted octanol–water partition coefficient (Wildman–Crippen LogP) is 4.12. The molecule has 3 N–H and O–H groups in total. The topological polar surface area (TPSA) is 112 Å². The molecule has 0 radical (unpaired) electrons. The molecule has 36 heavy (non-hydrogen) atoms. The van der Waals surface area contributed by atoms with E-state index in [2.05, 4.69) is 20.0 Å². The Labute approximate surface area is 203 Å². The van der Waals surface area contributed by atoms with E-state index in [-0.39, 0.29) is 17.8 Å². The van der Waals surface area contributed by atoms with Gasteiger partial charge in [-0.1, -0.05) is 0 Å². The molecule has 2 aromatic heterocycles. The molecule has 0 unspecified atom stereocenters. The highest BCUT2D eigenvalue weighted by Crippen LogP contribution is 2.31. The fourth-order valence-electron chi connectivity index (χ4n) is 3.27. The number of rotatable bonds is 10. The Kier molecular flexibility index (Phi) is 8.74. The molecule has 3 rings (SSSR count). The van der Waals surface area contributed by atoms with Crippen LogP contribution in [0.5, 0.6) is 5.75 Å². The quantitative estimate of drug-likeness (QED) is 0.239. The first-order chi connectivity index (χ1) is 17.1. The minimum atomic E-state index is -4.83. The number of carbonyl (C=O) groups excluding carboxylic acids is 1. The number of nitrogens with two attached hydrogens (primary N) is 1. The summed E-state index contributed by atoms with van der Waals surface area (Å²) in [4.78, 5) is 27.7. The summed E-state index contributed by atoms with van der Waals surface area (Å²) in [7, 11) is 1.42. The standard InChI is InChI=1S/C23H23F4N5O4/c1-3-32(13-20(34-2)36-28)21-19(14-8-16(24)12-29-10-14)9-15(11-30-21)22(33)31-17-4-6-18(7-5-17)35-23(25,26)27/h4-12,20H,3,13,28H2,1-2H3,(H,31,33)/t20-/m1/s1. The van der Waals surface area contributed by atoms with Gasteiger partial charge in [0, 0.05) is 42.9 Å². The molecule has 0 saturated heterocycles. The highest BCUT2D eigenvalue weighted by atomic mass is 19.4. The lowest BCUT2D eigenvalue weighted by Gasteiger charge is -2.27. The zero-order valence-electron chi connectivity index (χ0n) is 19.3. The van der Waals surface area contributed by atoms with Crippen molar-refractivity contribution >= 4 is 17.4 Å². The van der Waals surface area contributed by atoms with Crippen LogP contribution < -0.4 is 20.9 Å². The maximum atomic E-state index is 14.0. The van der Waals surface area contributed by atoms with E-state index in [9.17, 15) is 22.4 Å². The van der Waals surface area contributed by atoms with Gasteiger partial charge in [0.15, 0.2) is 6.29 Å². The van der Waals surface area contributed by atoms with Crippen molar-refractivity contribution in [1.29, 1.82) is 0 Å². The fraction of sp³-hybridized carbons (Fsp3) is 0.261. The minimum Gasteiger partial charge on any atom is -0.406 e. The SMILES string of the molecule is CCN(C[C@H](OC)ON)c1ncc(C(=O)Nc2ccc(OC(F)(F)F)cc2)cc1-c1cncc(F)c1. The second-order valence-corrected chi connectivity index (χ2v) is 7.35. The van der Waals surface area contributed by atoms with E-state index >= 15 is 0 Å². The average Bonchev–Trinajstić information content (AvgIpc) is 2.85. The zero-order chi connectivity index (χ0) is 26.3. The second-order valence-electron chi connectivity index (χ2n) is 7.35. The lowest BCUT2D eigenvalue weighted by Crippen LogP contribution is -2.37. The van der Waals surface area contributed by atoms with Crippen LogP contribution in [-0.2, 0) is 9.57 Å². The van der Waals surface area contributed by atoms with Crippen molar-refractivity contribution in [2.75, 3.05) is 30.4 Å². The number of ether oxygens (including phenoxy) is 2. The van der Waals surface area contributed by atoms with Gasteiger partial charge in [-0.15, -0.1) is 13.2 Å². The van der Waals surface area contributed by atoms with Crippen LogP contribution in [0.2, 0.25) is 0 Å². The van der Waals surface area contributed by atoms with Crippen molar-refractivity contribution in [3.8, 4) is 16.9 Å². The van der Waals surface area contributed by atoms with Crippen molar-refractivity contribution in [3.05, 3.63) is 66.4 Å². The van der Waals surface area contributed by atoms with Gasteiger partial charge < -0.3 is 19.7 Å². The van der Waals surface area contributed by atoms with E-state index in [1.807, 2.05) is 6.92 Å². The van der Waals surface area contributed by atoms with Crippen molar-refractivity contribution in [2.45, 2.75) is 19.6 Å². The summed E-state index contributed by atoms with van der Waals surface area (Å²) in [6.45, 7) is 2.49. The number of nitrogens with one attached hydrogen (secondary N) is 1. The fourth-order valence-corrected chi connectivity index (χ4v) is 3.27. The molecule has 1 aromatic carbocycles. The van der Waals surface area contributed by atoms with Gasteiger partial charge in [0.1, 0.15) is 17.4 Å². The Morgan fingerprint density at radius 1 is 1.17 bits per heavy atom. The van der Waals surface area contributed by atoms with Gasteiger partial charge in [0.05, 0.1) is 18.3 Å². The van der Waals surface area contributed by atoms with Gasteiger partial charge in [-0.25, -0.2) is 15.3 Å². The molecule has 0 bridgehead atoms. The number of pyridine rings is 2. The van der Waals surface area contributed by atoms with Crippen molar-refractivity contribution in [3.63, 3.8) is 0 Å². The minimum absolute atomic E-state index is 0.114. The van der Waals surface area contributed by atoms with E-state index < -0.39 is 30.1 Å². The number of methoxy groups -OCH3 is 1. The number of hydrogen-bond acceptors (Lipinski definition) is 8. The maximum absolute atomic E-state index is 14.0. The molecule has 0 aliphatic rings. The van der Waals surface area contributed by atoms with Crippen LogP contribution in [0.1, 0.15) is 17.3 Å². The number of halogens is 4. The summed E-state index contributed by atoms with van der Waals surface area (Å²) in [5.41, 5.74) is 1.10. The van der Waals surface area contributed by atoms with Crippen LogP contribution in [0.3, 0.4) is 0 Å². The van der Waals surface area contributed by atoms with E-state index in [1.54, 1.807) is 4.90 Å². The third-order valence-electron chi connectivity index (χ3n) is 4.96. The predicted molar refractivity (Wildman–Crippen MR) is 122 cm³/mol. The van der Waals surface area contributed by atoms with E-state index in [1.165, 1.54) is 43.8 Å². The number of amides is 1. The molecular formula is C23H23F4N5O4. The summed E-state index contributed by atoms with van der Waals surface area (Å²) in [6.07, 6.45) is -1.83. The highest BCUT2D eigenvalue weighted by Gasteiger charge is 2.31. The molecule has 0 aliphatic heterocycles. The van der Waals surface area contributed by atoms with Crippen LogP contribution in [0.4, 0.5) is 29.1 Å². The molecule has 13 heteroatoms.